The van der Waals surface area contributed by atoms with Gasteiger partial charge in [-0.1, -0.05) is 0 Å². The van der Waals surface area contributed by atoms with E-state index in [1.807, 2.05) is 0 Å². The first kappa shape index (κ1) is 11.8. The highest BCUT2D eigenvalue weighted by Crippen LogP contribution is 2.13. The summed E-state index contributed by atoms with van der Waals surface area (Å²) in [5.41, 5.74) is -0.405. The van der Waals surface area contributed by atoms with E-state index in [0.29, 0.717) is 5.69 Å². The number of nitro groups is 1. The Balaban J connectivity index is 2.63. The minimum Gasteiger partial charge on any atom is -0.268 e. The van der Waals surface area contributed by atoms with Crippen LogP contribution in [0.1, 0.15) is 0 Å². The fourth-order valence-corrected chi connectivity index (χ4v) is 1.58. The molecule has 0 N–H and O–H groups in total. The van der Waals surface area contributed by atoms with Crippen LogP contribution in [-0.4, -0.2) is 14.3 Å². The van der Waals surface area contributed by atoms with E-state index in [1.54, 1.807) is 0 Å². The Morgan fingerprint density at radius 1 is 1.00 bits per heavy atom. The third kappa shape index (κ3) is 1.93. The topological polar surface area (TPSA) is 87.1 Å². The molecule has 1 heterocycles. The molecule has 0 bridgehead atoms. The molecule has 0 radical (unpaired) electrons. The second-order valence-electron chi connectivity index (χ2n) is 3.62. The fraction of sp³-hybridized carbons (Fsp3) is 0.0909. The van der Waals surface area contributed by atoms with E-state index in [2.05, 4.69) is 0 Å². The Labute approximate surface area is 101 Å². The molecular weight excluding hydrogens is 238 g/mol. The van der Waals surface area contributed by atoms with Crippen LogP contribution in [0.3, 0.4) is 0 Å². The van der Waals surface area contributed by atoms with Crippen molar-refractivity contribution in [3.63, 3.8) is 0 Å². The van der Waals surface area contributed by atoms with Crippen LogP contribution in [0.25, 0.3) is 5.69 Å². The predicted molar refractivity (Wildman–Crippen MR) is 63.9 cm³/mol. The van der Waals surface area contributed by atoms with Gasteiger partial charge in [0.25, 0.3) is 16.8 Å². The van der Waals surface area contributed by atoms with E-state index in [4.69, 9.17) is 0 Å². The lowest BCUT2D eigenvalue weighted by Crippen LogP contribution is -2.34. The predicted octanol–water partition coefficient (Wildman–Crippen LogP) is 0.444. The monoisotopic (exact) mass is 247 g/mol. The molecule has 0 aliphatic rings. The summed E-state index contributed by atoms with van der Waals surface area (Å²) in [6.45, 7) is 0. The highest BCUT2D eigenvalue weighted by atomic mass is 16.6. The molecule has 2 rings (SSSR count). The molecule has 0 saturated heterocycles. The quantitative estimate of drug-likeness (QED) is 0.569. The van der Waals surface area contributed by atoms with E-state index in [0.717, 1.165) is 15.4 Å². The molecule has 1 aromatic heterocycles. The minimum atomic E-state index is -0.531. The minimum absolute atomic E-state index is 0.0762. The van der Waals surface area contributed by atoms with Crippen LogP contribution in [0.15, 0.2) is 46.0 Å². The summed E-state index contributed by atoms with van der Waals surface area (Å²) in [6, 6.07) is 7.71. The number of hydrogen-bond donors (Lipinski definition) is 0. The summed E-state index contributed by atoms with van der Waals surface area (Å²) in [5.74, 6) is 0. The highest BCUT2D eigenvalue weighted by molar-refractivity contribution is 5.40. The third-order valence-corrected chi connectivity index (χ3v) is 2.50. The van der Waals surface area contributed by atoms with Crippen molar-refractivity contribution in [1.29, 1.82) is 0 Å². The van der Waals surface area contributed by atoms with Crippen molar-refractivity contribution < 1.29 is 4.92 Å². The number of non-ortho nitro benzene ring substituents is 1. The van der Waals surface area contributed by atoms with Crippen LogP contribution in [-0.2, 0) is 7.05 Å². The maximum atomic E-state index is 11.7. The number of rotatable bonds is 2. The van der Waals surface area contributed by atoms with Crippen molar-refractivity contribution in [2.75, 3.05) is 0 Å². The van der Waals surface area contributed by atoms with E-state index in [1.165, 1.54) is 37.4 Å². The van der Waals surface area contributed by atoms with Gasteiger partial charge in [-0.2, -0.15) is 0 Å². The van der Waals surface area contributed by atoms with E-state index in [-0.39, 0.29) is 16.8 Å². The summed E-state index contributed by atoms with van der Waals surface area (Å²) in [4.78, 5) is 33.1. The molecule has 0 fully saturated rings. The number of hydrogen-bond acceptors (Lipinski definition) is 4. The highest BCUT2D eigenvalue weighted by Gasteiger charge is 2.08. The number of nitro benzene ring substituents is 1. The van der Waals surface area contributed by atoms with Crippen molar-refractivity contribution in [2.45, 2.75) is 0 Å². The number of nitrogens with zero attached hydrogens (tertiary/aromatic N) is 3. The molecule has 7 nitrogen and oxygen atoms in total. The van der Waals surface area contributed by atoms with E-state index < -0.39 is 4.92 Å². The van der Waals surface area contributed by atoms with Gasteiger partial charge in [-0.05, 0) is 12.1 Å². The van der Waals surface area contributed by atoms with Gasteiger partial charge >= 0.3 is 0 Å². The van der Waals surface area contributed by atoms with Gasteiger partial charge in [0.15, 0.2) is 0 Å². The molecule has 92 valence electrons. The first-order valence-electron chi connectivity index (χ1n) is 5.05. The summed E-state index contributed by atoms with van der Waals surface area (Å²) in [6.07, 6.45) is 0. The third-order valence-electron chi connectivity index (χ3n) is 2.50. The molecule has 18 heavy (non-hydrogen) atoms. The first-order chi connectivity index (χ1) is 8.50. The normalized spacial score (nSPS) is 10.3. The maximum Gasteiger partial charge on any atom is 0.270 e. The van der Waals surface area contributed by atoms with E-state index >= 15 is 0 Å². The Kier molecular flexibility index (Phi) is 2.80. The number of aromatic nitrogens is 2. The lowest BCUT2D eigenvalue weighted by Gasteiger charge is -2.10. The van der Waals surface area contributed by atoms with Crippen LogP contribution in [0.5, 0.6) is 0 Å². The standard InChI is InChI=1S/C11H9N3O4/c1-12-10(15)6-7-11(16)13(12)8-2-4-9(5-3-8)14(17)18/h2-7H,1H3. The molecule has 0 atom stereocenters. The molecule has 0 aliphatic heterocycles. The summed E-state index contributed by atoms with van der Waals surface area (Å²) < 4.78 is 2.29. The Hall–Kier alpha value is -2.70. The van der Waals surface area contributed by atoms with Crippen LogP contribution < -0.4 is 11.1 Å². The fourth-order valence-electron chi connectivity index (χ4n) is 1.58. The van der Waals surface area contributed by atoms with Crippen molar-refractivity contribution in [1.82, 2.24) is 9.36 Å². The smallest absolute Gasteiger partial charge is 0.268 e. The van der Waals surface area contributed by atoms with Gasteiger partial charge in [0.1, 0.15) is 0 Å². The number of benzene rings is 1. The average molecular weight is 247 g/mol. The Morgan fingerprint density at radius 3 is 2.11 bits per heavy atom. The van der Waals surface area contributed by atoms with Gasteiger partial charge in [-0.25, -0.2) is 9.36 Å². The van der Waals surface area contributed by atoms with Crippen molar-refractivity contribution in [2.24, 2.45) is 7.05 Å². The molecule has 1 aromatic carbocycles. The molecule has 0 unspecified atom stereocenters. The zero-order valence-corrected chi connectivity index (χ0v) is 9.44. The van der Waals surface area contributed by atoms with Gasteiger partial charge in [-0.15, -0.1) is 0 Å². The Morgan fingerprint density at radius 2 is 1.56 bits per heavy atom. The molecule has 0 spiro atoms. The maximum absolute atomic E-state index is 11.7. The van der Waals surface area contributed by atoms with E-state index in [9.17, 15) is 19.7 Å². The average Bonchev–Trinajstić information content (AvgIpc) is 2.35. The van der Waals surface area contributed by atoms with Crippen LogP contribution in [0.4, 0.5) is 5.69 Å². The molecule has 7 heteroatoms. The first-order valence-corrected chi connectivity index (χ1v) is 5.05. The van der Waals surface area contributed by atoms with Crippen molar-refractivity contribution in [3.05, 3.63) is 67.2 Å². The second-order valence-corrected chi connectivity index (χ2v) is 3.62. The Bertz CT molecular complexity index is 712. The lowest BCUT2D eigenvalue weighted by molar-refractivity contribution is -0.384. The molecule has 0 amide bonds. The van der Waals surface area contributed by atoms with Crippen LogP contribution in [0, 0.1) is 10.1 Å². The molecule has 0 aliphatic carbocycles. The SMILES string of the molecule is Cn1c(=O)ccc(=O)n1-c1ccc([N+](=O)[O-])cc1. The summed E-state index contributed by atoms with van der Waals surface area (Å²) in [7, 11) is 1.45. The largest absolute Gasteiger partial charge is 0.270 e. The van der Waals surface area contributed by atoms with Gasteiger partial charge < -0.3 is 0 Å². The molecule has 2 aromatic rings. The van der Waals surface area contributed by atoms with Gasteiger partial charge in [-0.3, -0.25) is 19.7 Å². The summed E-state index contributed by atoms with van der Waals surface area (Å²) >= 11 is 0. The second kappa shape index (κ2) is 4.28. The molecule has 0 saturated carbocycles. The van der Waals surface area contributed by atoms with Gasteiger partial charge in [0.2, 0.25) is 0 Å². The van der Waals surface area contributed by atoms with Crippen LogP contribution >= 0.6 is 0 Å². The van der Waals surface area contributed by atoms with Crippen LogP contribution in [0.2, 0.25) is 0 Å². The van der Waals surface area contributed by atoms with Crippen molar-refractivity contribution in [3.8, 4) is 5.69 Å². The molecular formula is C11H9N3O4. The zero-order chi connectivity index (χ0) is 13.3. The van der Waals surface area contributed by atoms with Gasteiger partial charge in [0, 0.05) is 31.3 Å². The van der Waals surface area contributed by atoms with Gasteiger partial charge in [0.05, 0.1) is 10.6 Å². The van der Waals surface area contributed by atoms with Crippen molar-refractivity contribution >= 4 is 5.69 Å². The zero-order valence-electron chi connectivity index (χ0n) is 9.44. The summed E-state index contributed by atoms with van der Waals surface area (Å²) in [5, 5.41) is 10.5. The lowest BCUT2D eigenvalue weighted by atomic mass is 10.3.